The van der Waals surface area contributed by atoms with E-state index < -0.39 is 222 Å². The fourth-order valence-electron chi connectivity index (χ4n) is 14.1. The highest BCUT2D eigenvalue weighted by Crippen LogP contribution is 2.22. The molecule has 42 heteroatoms. The van der Waals surface area contributed by atoms with Crippen LogP contribution < -0.4 is 109 Å². The molecule has 0 spiro atoms. The van der Waals surface area contributed by atoms with Crippen LogP contribution >= 0.6 is 0 Å². The largest absolute Gasteiger partial charge is 0.481 e. The van der Waals surface area contributed by atoms with Crippen LogP contribution in [-0.2, 0) is 96.0 Å². The summed E-state index contributed by atoms with van der Waals surface area (Å²) in [6, 6.07) is -4.39. The van der Waals surface area contributed by atoms with Crippen LogP contribution in [0.2, 0.25) is 0 Å². The SMILES string of the molecule is CC[C@H](C)[C@H](NC(=O)[C@H](Cc1c[nH]c2ccccc12)NC(=O)[C@H](CCCCN)NC(=O)[C@H](CCCCN)NC(=O)[C@H](CC(C)C)NC(=O)[C@H](CCCNC(=N)N)NC(=O)[C@H](Cc1ccccc1)NC(=O)[C@@H](NC(=O)[C@@H](N)Cc1cnc[nH]1)C(C)C)C(=O)N[C@@H](CCC(N)=O)C(=O)N[C@@H](CCCCN)C(=O)N[C@H](C(=O)N[C@H](C(=O)N[C@@H](CC(=O)O)C(=O)O)[C@@H](C)CC)C(C)C. The number of aromatic amines is 2. The average molecular weight is 1810 g/mol. The number of hydrogen-bond acceptors (Lipinski definition) is 22. The molecule has 42 nitrogen and oxygen atoms in total. The van der Waals surface area contributed by atoms with Crippen molar-refractivity contribution in [3.05, 3.63) is 90.1 Å². The third kappa shape index (κ3) is 38.3. The number of rotatable bonds is 62. The summed E-state index contributed by atoms with van der Waals surface area (Å²) in [5, 5.41) is 65.1. The Kier molecular flexibility index (Phi) is 48.1. The van der Waals surface area contributed by atoms with Crippen LogP contribution in [0.1, 0.15) is 195 Å². The molecule has 2 heterocycles. The molecule has 2 aromatic heterocycles. The number of nitrogens with one attached hydrogen (secondary N) is 17. The number of aromatic nitrogens is 3. The zero-order valence-electron chi connectivity index (χ0n) is 75.7. The lowest BCUT2D eigenvalue weighted by atomic mass is 9.95. The number of nitrogens with two attached hydrogens (primary N) is 6. The summed E-state index contributed by atoms with van der Waals surface area (Å²) < 4.78 is 0. The first-order chi connectivity index (χ1) is 61.2. The van der Waals surface area contributed by atoms with Gasteiger partial charge in [0, 0.05) is 61.2 Å². The number of fused-ring (bicyclic) bond motifs is 1. The van der Waals surface area contributed by atoms with Gasteiger partial charge in [-0.1, -0.05) is 131 Å². The number of primary amides is 1. The second kappa shape index (κ2) is 56.9. The fraction of sp³-hybridized carbons (Fsp3) is 0.609. The Morgan fingerprint density at radius 2 is 0.814 bits per heavy atom. The average Bonchev–Trinajstić information content (AvgIpc) is 1.69. The van der Waals surface area contributed by atoms with Crippen molar-refractivity contribution in [1.29, 1.82) is 5.41 Å². The molecule has 4 rings (SSSR count). The van der Waals surface area contributed by atoms with E-state index in [-0.39, 0.29) is 128 Å². The molecular weight excluding hydrogens is 1670 g/mol. The summed E-state index contributed by atoms with van der Waals surface area (Å²) >= 11 is 0. The Morgan fingerprint density at radius 1 is 0.426 bits per heavy atom. The quantitative estimate of drug-likeness (QED) is 0.0135. The Balaban J connectivity index is 1.71. The standard InChI is InChI=1S/C87H140N24O18/c1-11-50(9)71(84(126)103-62(33-34-67(92)112)77(119)100-60(31-20-23-37-90)78(120)109-70(49(7)8)83(125)111-72(51(10)12-2)85(127)107-66(86(128)129)43-68(113)114)110-81(123)65(41-53-44-97-57-28-17-16-27-55(53)57)105-75(117)59(30-19-22-36-89)99-74(116)58(29-18-21-35-88)101-79(121)63(39-47(3)4)104-76(118)61(32-24-38-96-87(93)94)102-80(122)64(40-52-25-14-13-15-26-52)106-82(124)69(48(5)6)108-73(115)56(91)42-54-45-95-46-98-54/h13-17,25-28,44-51,56,58-66,69-72,97H,11-12,18-24,29-43,88-91H2,1-10H3,(H2,92,112)(H,95,98)(H,99,116)(H,100,119)(H,101,121)(H,102,122)(H,103,126)(H,104,118)(H,105,117)(H,106,124)(H,107,127)(H,108,115)(H,109,120)(H,110,123)(H,111,125)(H,113,114)(H,128,129)(H4,93,94,96)/t50-,51-,56-,58-,59-,60-,61-,62-,63-,64-,65-,66-,69-,70-,71-,72-/m0/s1. The molecule has 0 bridgehead atoms. The highest BCUT2D eigenvalue weighted by atomic mass is 16.4. The van der Waals surface area contributed by atoms with Crippen LogP contribution in [0.15, 0.2) is 73.3 Å². The maximum absolute atomic E-state index is 15.4. The van der Waals surface area contributed by atoms with Gasteiger partial charge in [-0.3, -0.25) is 77.3 Å². The lowest BCUT2D eigenvalue weighted by molar-refractivity contribution is -0.147. The summed E-state index contributed by atoms with van der Waals surface area (Å²) in [7, 11) is 0. The van der Waals surface area contributed by atoms with Gasteiger partial charge in [-0.2, -0.15) is 0 Å². The Morgan fingerprint density at radius 3 is 1.27 bits per heavy atom. The molecule has 0 radical (unpaired) electrons. The van der Waals surface area contributed by atoms with Crippen LogP contribution in [0.3, 0.4) is 0 Å². The minimum absolute atomic E-state index is 0.0204. The Labute approximate surface area is 752 Å². The number of unbranched alkanes of at least 4 members (excludes halogenated alkanes) is 3. The van der Waals surface area contributed by atoms with E-state index in [1.54, 1.807) is 130 Å². The maximum atomic E-state index is 15.4. The van der Waals surface area contributed by atoms with E-state index >= 15 is 24.0 Å². The molecule has 0 aliphatic heterocycles. The van der Waals surface area contributed by atoms with Crippen LogP contribution in [0.25, 0.3) is 10.9 Å². The van der Waals surface area contributed by atoms with Gasteiger partial charge in [-0.05, 0) is 150 Å². The third-order valence-corrected chi connectivity index (χ3v) is 22.1. The van der Waals surface area contributed by atoms with E-state index in [1.807, 2.05) is 0 Å². The highest BCUT2D eigenvalue weighted by molar-refractivity contribution is 6.01. The van der Waals surface area contributed by atoms with E-state index in [0.717, 1.165) is 0 Å². The number of carboxylic acid groups (broad SMARTS) is 2. The Hall–Kier alpha value is -12.2. The normalized spacial score (nSPS) is 15.1. The third-order valence-electron chi connectivity index (χ3n) is 22.1. The first-order valence-electron chi connectivity index (χ1n) is 44.3. The maximum Gasteiger partial charge on any atom is 0.326 e. The number of aliphatic carboxylic acids is 2. The molecule has 31 N–H and O–H groups in total. The number of hydrogen-bond donors (Lipinski definition) is 25. The molecule has 0 saturated heterocycles. The number of carbonyl (C=O) groups excluding carboxylic acids is 14. The molecule has 0 fully saturated rings. The van der Waals surface area contributed by atoms with Crippen LogP contribution in [0.4, 0.5) is 0 Å². The van der Waals surface area contributed by atoms with E-state index in [0.29, 0.717) is 47.0 Å². The van der Waals surface area contributed by atoms with Crippen molar-refractivity contribution >= 4 is 112 Å². The summed E-state index contributed by atoms with van der Waals surface area (Å²) in [5.74, 6) is -18.6. The summed E-state index contributed by atoms with van der Waals surface area (Å²) in [4.78, 5) is 236. The first-order valence-corrected chi connectivity index (χ1v) is 44.3. The number of amides is 14. The second-order valence-electron chi connectivity index (χ2n) is 33.8. The molecular formula is C87H140N24O18. The number of nitrogens with zero attached hydrogens (tertiary/aromatic N) is 1. The smallest absolute Gasteiger partial charge is 0.326 e. The minimum atomic E-state index is -1.85. The van der Waals surface area contributed by atoms with Gasteiger partial charge in [-0.15, -0.1) is 0 Å². The predicted molar refractivity (Wildman–Crippen MR) is 482 cm³/mol. The first kappa shape index (κ1) is 109. The number of carbonyl (C=O) groups is 16. The van der Waals surface area contributed by atoms with Crippen molar-refractivity contribution in [1.82, 2.24) is 89.4 Å². The van der Waals surface area contributed by atoms with E-state index in [2.05, 4.69) is 89.4 Å². The van der Waals surface area contributed by atoms with E-state index in [9.17, 15) is 63.0 Å². The van der Waals surface area contributed by atoms with Crippen LogP contribution in [0, 0.1) is 35.0 Å². The minimum Gasteiger partial charge on any atom is -0.481 e. The van der Waals surface area contributed by atoms with Crippen LogP contribution in [-0.4, -0.2) is 237 Å². The van der Waals surface area contributed by atoms with Gasteiger partial charge in [-0.25, -0.2) is 9.78 Å². The van der Waals surface area contributed by atoms with E-state index in [1.165, 1.54) is 12.5 Å². The monoisotopic (exact) mass is 1810 g/mol. The lowest BCUT2D eigenvalue weighted by Crippen LogP contribution is -2.62. The zero-order valence-corrected chi connectivity index (χ0v) is 75.7. The van der Waals surface area contributed by atoms with Gasteiger partial charge in [0.2, 0.25) is 82.7 Å². The van der Waals surface area contributed by atoms with E-state index in [4.69, 9.17) is 39.8 Å². The topological polar surface area (TPSA) is 706 Å². The molecule has 2 aromatic carbocycles. The van der Waals surface area contributed by atoms with Gasteiger partial charge in [0.05, 0.1) is 18.8 Å². The molecule has 129 heavy (non-hydrogen) atoms. The number of imidazole rings is 1. The molecule has 716 valence electrons. The molecule has 0 aliphatic rings. The van der Waals surface area contributed by atoms with Crippen molar-refractivity contribution in [2.45, 2.75) is 282 Å². The van der Waals surface area contributed by atoms with Crippen molar-refractivity contribution < 1.29 is 86.9 Å². The summed E-state index contributed by atoms with van der Waals surface area (Å²) in [6.07, 6.45) is 4.55. The van der Waals surface area contributed by atoms with Crippen molar-refractivity contribution in [3.63, 3.8) is 0 Å². The second-order valence-corrected chi connectivity index (χ2v) is 33.8. The molecule has 0 saturated carbocycles. The van der Waals surface area contributed by atoms with Gasteiger partial charge < -0.3 is 129 Å². The number of H-pyrrole nitrogens is 2. The fourth-order valence-corrected chi connectivity index (χ4v) is 14.1. The van der Waals surface area contributed by atoms with Gasteiger partial charge in [0.25, 0.3) is 0 Å². The molecule has 16 atom stereocenters. The lowest BCUT2D eigenvalue weighted by Gasteiger charge is -2.31. The van der Waals surface area contributed by atoms with Crippen LogP contribution in [0.5, 0.6) is 0 Å². The van der Waals surface area contributed by atoms with Crippen molar-refractivity contribution in [2.24, 2.45) is 64.0 Å². The van der Waals surface area contributed by atoms with Gasteiger partial charge >= 0.3 is 11.9 Å². The molecule has 14 amide bonds. The summed E-state index contributed by atoms with van der Waals surface area (Å²) in [6.45, 7) is 17.3. The number of benzene rings is 2. The highest BCUT2D eigenvalue weighted by Gasteiger charge is 2.41. The number of para-hydroxylation sites is 1. The zero-order chi connectivity index (χ0) is 96.1. The van der Waals surface area contributed by atoms with Gasteiger partial charge in [0.1, 0.15) is 78.5 Å². The number of carboxylic acids is 2. The molecule has 0 unspecified atom stereocenters. The predicted octanol–water partition coefficient (Wildman–Crippen LogP) is -1.53. The summed E-state index contributed by atoms with van der Waals surface area (Å²) in [5.41, 5.74) is 37.7. The van der Waals surface area contributed by atoms with Crippen molar-refractivity contribution in [3.8, 4) is 0 Å². The molecule has 0 aliphatic carbocycles. The van der Waals surface area contributed by atoms with Gasteiger partial charge in [0.15, 0.2) is 5.96 Å². The molecule has 4 aromatic rings. The Bertz CT molecular complexity index is 4320. The van der Waals surface area contributed by atoms with Crippen molar-refractivity contribution in [2.75, 3.05) is 26.2 Å². The number of guanidine groups is 1.